The summed E-state index contributed by atoms with van der Waals surface area (Å²) in [7, 11) is -1.99. The van der Waals surface area contributed by atoms with Gasteiger partial charge in [0.15, 0.2) is 0 Å². The largest absolute Gasteiger partial charge is 0.243 e. The van der Waals surface area contributed by atoms with Crippen molar-refractivity contribution < 1.29 is 0 Å². The molecule has 0 N–H and O–H groups in total. The van der Waals surface area contributed by atoms with Gasteiger partial charge in [-0.2, -0.15) is 0 Å². The SMILES string of the molecule is CCCCCC[Si]1(CCCCCC)c2cc(C)ccc2-c2ccc(-c3ccc(-c4ccc(-c5ccc(C)s5)c5nc(-c6ccc(C)cc6)c(-c6ccc(C)cc6)nc45)s3)cc21. The summed E-state index contributed by atoms with van der Waals surface area (Å²) in [6.45, 7) is 13.4. The van der Waals surface area contributed by atoms with Gasteiger partial charge >= 0.3 is 0 Å². The summed E-state index contributed by atoms with van der Waals surface area (Å²) >= 11 is 3.72. The van der Waals surface area contributed by atoms with Gasteiger partial charge in [0, 0.05) is 41.8 Å². The molecule has 1 aliphatic heterocycles. The third-order valence-electron chi connectivity index (χ3n) is 13.1. The number of aryl methyl sites for hydroxylation is 4. The van der Waals surface area contributed by atoms with Gasteiger partial charge in [0.25, 0.3) is 0 Å². The van der Waals surface area contributed by atoms with Crippen LogP contribution in [0.5, 0.6) is 0 Å². The number of thiophene rings is 2. The number of hydrogen-bond acceptors (Lipinski definition) is 4. The highest BCUT2D eigenvalue weighted by Gasteiger charge is 2.44. The molecule has 61 heavy (non-hydrogen) atoms. The molecule has 0 spiro atoms. The maximum atomic E-state index is 5.66. The lowest BCUT2D eigenvalue weighted by atomic mass is 9.99. The Balaban J connectivity index is 1.19. The Kier molecular flexibility index (Phi) is 12.1. The van der Waals surface area contributed by atoms with Crippen LogP contribution >= 0.6 is 22.7 Å². The van der Waals surface area contributed by atoms with E-state index in [4.69, 9.17) is 9.97 Å². The second-order valence-electron chi connectivity index (χ2n) is 17.6. The molecular weight excluding hydrogens is 793 g/mol. The lowest BCUT2D eigenvalue weighted by molar-refractivity contribution is 0.684. The molecule has 5 aromatic carbocycles. The van der Waals surface area contributed by atoms with Crippen LogP contribution in [-0.4, -0.2) is 18.0 Å². The van der Waals surface area contributed by atoms with E-state index in [0.29, 0.717) is 0 Å². The van der Waals surface area contributed by atoms with Gasteiger partial charge in [-0.15, -0.1) is 22.7 Å². The number of aromatic nitrogens is 2. The Morgan fingerprint density at radius 1 is 0.410 bits per heavy atom. The molecule has 308 valence electrons. The molecule has 8 aromatic rings. The minimum absolute atomic E-state index is 0.918. The van der Waals surface area contributed by atoms with Crippen molar-refractivity contribution in [3.63, 3.8) is 0 Å². The van der Waals surface area contributed by atoms with Gasteiger partial charge in [0.05, 0.1) is 22.4 Å². The van der Waals surface area contributed by atoms with E-state index in [1.165, 1.54) is 116 Å². The Hall–Kier alpha value is -4.94. The highest BCUT2D eigenvalue weighted by atomic mass is 32.1. The number of fused-ring (bicyclic) bond motifs is 4. The zero-order chi connectivity index (χ0) is 42.1. The minimum Gasteiger partial charge on any atom is -0.243 e. The number of hydrogen-bond donors (Lipinski definition) is 0. The topological polar surface area (TPSA) is 25.8 Å². The third-order valence-corrected chi connectivity index (χ3v) is 20.6. The van der Waals surface area contributed by atoms with Crippen LogP contribution in [0.4, 0.5) is 0 Å². The van der Waals surface area contributed by atoms with Gasteiger partial charge in [-0.05, 0) is 91.1 Å². The van der Waals surface area contributed by atoms with Crippen LogP contribution in [-0.2, 0) is 0 Å². The quantitative estimate of drug-likeness (QED) is 0.0758. The molecule has 0 fully saturated rings. The molecule has 0 unspecified atom stereocenters. The lowest BCUT2D eigenvalue weighted by Gasteiger charge is -2.31. The van der Waals surface area contributed by atoms with E-state index >= 15 is 0 Å². The first-order chi connectivity index (χ1) is 29.8. The Morgan fingerprint density at radius 2 is 0.869 bits per heavy atom. The van der Waals surface area contributed by atoms with Crippen molar-refractivity contribution in [1.82, 2.24) is 9.97 Å². The van der Waals surface area contributed by atoms with Crippen LogP contribution in [0.1, 0.15) is 86.8 Å². The first-order valence-electron chi connectivity index (χ1n) is 22.7. The van der Waals surface area contributed by atoms with E-state index in [1.54, 1.807) is 10.4 Å². The number of rotatable bonds is 15. The monoisotopic (exact) mass is 850 g/mol. The van der Waals surface area contributed by atoms with Crippen molar-refractivity contribution >= 4 is 52.2 Å². The predicted molar refractivity (Wildman–Crippen MR) is 270 cm³/mol. The molecule has 4 heterocycles. The van der Waals surface area contributed by atoms with E-state index in [1.807, 2.05) is 22.7 Å². The maximum absolute atomic E-state index is 5.66. The zero-order valence-corrected chi connectivity index (χ0v) is 39.5. The molecule has 0 aliphatic carbocycles. The minimum atomic E-state index is -1.99. The van der Waals surface area contributed by atoms with Crippen molar-refractivity contribution in [3.8, 4) is 65.0 Å². The first kappa shape index (κ1) is 41.4. The molecule has 5 heteroatoms. The Bertz CT molecular complexity index is 2810. The molecule has 0 amide bonds. The van der Waals surface area contributed by atoms with Crippen molar-refractivity contribution in [2.24, 2.45) is 0 Å². The highest BCUT2D eigenvalue weighted by Crippen LogP contribution is 2.44. The summed E-state index contributed by atoms with van der Waals surface area (Å²) in [5, 5.41) is 3.40. The average Bonchev–Trinajstić information content (AvgIpc) is 4.01. The van der Waals surface area contributed by atoms with Crippen molar-refractivity contribution in [3.05, 3.63) is 143 Å². The second kappa shape index (κ2) is 17.8. The molecule has 0 atom stereocenters. The van der Waals surface area contributed by atoms with Crippen LogP contribution in [0, 0.1) is 27.7 Å². The maximum Gasteiger partial charge on any atom is 0.119 e. The van der Waals surface area contributed by atoms with Crippen molar-refractivity contribution in [2.45, 2.75) is 105 Å². The van der Waals surface area contributed by atoms with E-state index in [9.17, 15) is 0 Å². The highest BCUT2D eigenvalue weighted by molar-refractivity contribution is 7.19. The van der Waals surface area contributed by atoms with Crippen LogP contribution < -0.4 is 10.4 Å². The van der Waals surface area contributed by atoms with Gasteiger partial charge in [0.2, 0.25) is 0 Å². The molecule has 3 aromatic heterocycles. The Labute approximate surface area is 372 Å². The van der Waals surface area contributed by atoms with Gasteiger partial charge in [-0.1, -0.05) is 179 Å². The molecule has 0 bridgehead atoms. The van der Waals surface area contributed by atoms with Gasteiger partial charge in [-0.3, -0.25) is 0 Å². The summed E-state index contributed by atoms with van der Waals surface area (Å²) in [5.41, 5.74) is 16.4. The molecule has 2 nitrogen and oxygen atoms in total. The summed E-state index contributed by atoms with van der Waals surface area (Å²) in [5.74, 6) is 0. The average molecular weight is 851 g/mol. The fourth-order valence-corrected chi connectivity index (χ4v) is 17.4. The number of unbranched alkanes of at least 4 members (excludes halogenated alkanes) is 6. The van der Waals surface area contributed by atoms with Crippen LogP contribution in [0.2, 0.25) is 12.1 Å². The summed E-state index contributed by atoms with van der Waals surface area (Å²) in [4.78, 5) is 16.3. The van der Waals surface area contributed by atoms with Crippen LogP contribution in [0.3, 0.4) is 0 Å². The molecule has 9 rings (SSSR count). The third kappa shape index (κ3) is 8.13. The van der Waals surface area contributed by atoms with E-state index in [2.05, 4.69) is 163 Å². The summed E-state index contributed by atoms with van der Waals surface area (Å²) in [6.07, 6.45) is 10.6. The predicted octanol–water partition coefficient (Wildman–Crippen LogP) is 16.0. The standard InChI is InChI=1S/C56H58N2S2Si/c1-7-9-11-13-33-61(34-14-12-10-8-2)51-35-39(5)19-26-44(51)45-27-25-43(36-52(45)61)48-31-32-50(60-48)47-29-28-46(49-30-20-40(6)59-49)55-56(47)58-54(42-23-17-38(4)18-24-42)53(57-55)41-21-15-37(3)16-22-41/h15-32,35-36H,7-14,33-34H2,1-6H3. The molecule has 0 radical (unpaired) electrons. The fraction of sp³-hybridized carbons (Fsp3) is 0.286. The van der Waals surface area contributed by atoms with Gasteiger partial charge in [0.1, 0.15) is 8.07 Å². The first-order valence-corrected chi connectivity index (χ1v) is 26.7. The molecule has 1 aliphatic rings. The molecule has 0 saturated heterocycles. The number of benzene rings is 5. The normalized spacial score (nSPS) is 12.9. The fourth-order valence-electron chi connectivity index (χ4n) is 9.71. The van der Waals surface area contributed by atoms with E-state index in [0.717, 1.165) is 44.7 Å². The van der Waals surface area contributed by atoms with E-state index < -0.39 is 8.07 Å². The smallest absolute Gasteiger partial charge is 0.119 e. The van der Waals surface area contributed by atoms with E-state index in [-0.39, 0.29) is 0 Å². The van der Waals surface area contributed by atoms with Crippen LogP contribution in [0.15, 0.2) is 121 Å². The van der Waals surface area contributed by atoms with Crippen LogP contribution in [0.25, 0.3) is 76.0 Å². The van der Waals surface area contributed by atoms with Gasteiger partial charge in [-0.25, -0.2) is 9.97 Å². The zero-order valence-electron chi connectivity index (χ0n) is 36.8. The summed E-state index contributed by atoms with van der Waals surface area (Å²) < 4.78 is 0. The molecule has 0 saturated carbocycles. The summed E-state index contributed by atoms with van der Waals surface area (Å²) in [6, 6.07) is 48.8. The lowest BCUT2D eigenvalue weighted by Crippen LogP contribution is -2.55. The Morgan fingerprint density at radius 3 is 1.41 bits per heavy atom. The second-order valence-corrected chi connectivity index (χ2v) is 24.2. The van der Waals surface area contributed by atoms with Crippen molar-refractivity contribution in [1.29, 1.82) is 0 Å². The van der Waals surface area contributed by atoms with Crippen molar-refractivity contribution in [2.75, 3.05) is 0 Å². The number of nitrogens with zero attached hydrogens (tertiary/aromatic N) is 2. The molecular formula is C56H58N2S2Si. The van der Waals surface area contributed by atoms with Gasteiger partial charge < -0.3 is 0 Å².